The lowest BCUT2D eigenvalue weighted by Gasteiger charge is -2.11. The molecule has 0 saturated heterocycles. The number of hydrogen-bond acceptors (Lipinski definition) is 5. The topological polar surface area (TPSA) is 86.6 Å². The van der Waals surface area contributed by atoms with Crippen LogP contribution in [0.5, 0.6) is 5.75 Å². The lowest BCUT2D eigenvalue weighted by molar-refractivity contribution is -0.149. The van der Waals surface area contributed by atoms with Crippen LogP contribution in [0.15, 0.2) is 47.4 Å². The van der Waals surface area contributed by atoms with Gasteiger partial charge < -0.3 is 19.4 Å². The van der Waals surface area contributed by atoms with E-state index in [0.717, 1.165) is 5.56 Å². The molecule has 1 amide bonds. The van der Waals surface area contributed by atoms with E-state index in [2.05, 4.69) is 10.1 Å². The van der Waals surface area contributed by atoms with Crippen LogP contribution in [0.4, 0.5) is 13.2 Å². The maximum atomic E-state index is 12.7. The molecule has 0 fully saturated rings. The number of benzene rings is 1. The Hall–Kier alpha value is -3.30. The van der Waals surface area contributed by atoms with Crippen molar-refractivity contribution < 1.29 is 32.2 Å². The van der Waals surface area contributed by atoms with Crippen molar-refractivity contribution >= 4 is 11.9 Å². The van der Waals surface area contributed by atoms with E-state index in [-0.39, 0.29) is 13.2 Å². The van der Waals surface area contributed by atoms with Crippen molar-refractivity contribution in [1.29, 1.82) is 0 Å². The smallest absolute Gasteiger partial charge is 0.417 e. The Morgan fingerprint density at radius 3 is 2.62 bits per heavy atom. The Labute approximate surface area is 164 Å². The van der Waals surface area contributed by atoms with E-state index in [9.17, 15) is 27.6 Å². The fourth-order valence-electron chi connectivity index (χ4n) is 2.27. The van der Waals surface area contributed by atoms with Crippen LogP contribution in [0.25, 0.3) is 0 Å². The van der Waals surface area contributed by atoms with Gasteiger partial charge in [0, 0.05) is 12.3 Å². The number of pyridine rings is 1. The number of amides is 1. The van der Waals surface area contributed by atoms with E-state index in [1.165, 1.54) is 0 Å². The van der Waals surface area contributed by atoms with Gasteiger partial charge in [-0.15, -0.1) is 0 Å². The van der Waals surface area contributed by atoms with Crippen molar-refractivity contribution in [3.05, 3.63) is 64.1 Å². The number of ether oxygens (including phenoxy) is 2. The first-order chi connectivity index (χ1) is 13.6. The first kappa shape index (κ1) is 22.0. The summed E-state index contributed by atoms with van der Waals surface area (Å²) < 4.78 is 48.7. The van der Waals surface area contributed by atoms with Gasteiger partial charge in [-0.1, -0.05) is 12.1 Å². The molecule has 1 N–H and O–H groups in total. The van der Waals surface area contributed by atoms with Crippen molar-refractivity contribution in [2.45, 2.75) is 19.6 Å². The van der Waals surface area contributed by atoms with Crippen molar-refractivity contribution in [3.63, 3.8) is 0 Å². The van der Waals surface area contributed by atoms with Gasteiger partial charge in [0.15, 0.2) is 6.61 Å². The number of esters is 1. The lowest BCUT2D eigenvalue weighted by atomic mass is 10.2. The van der Waals surface area contributed by atoms with Crippen LogP contribution in [0.2, 0.25) is 0 Å². The molecular weight excluding hydrogens is 393 g/mol. The standard InChI is InChI=1S/C19H19F3N2O5/c1-13-3-2-4-15(9-13)28-8-7-23-16(25)12-29-18(27)11-24-10-14(19(20,21)22)5-6-17(24)26/h2-6,9-10H,7-8,11-12H2,1H3,(H,23,25). The largest absolute Gasteiger partial charge is 0.492 e. The zero-order valence-electron chi connectivity index (χ0n) is 15.5. The van der Waals surface area contributed by atoms with Crippen LogP contribution in [0.3, 0.4) is 0 Å². The van der Waals surface area contributed by atoms with Crippen LogP contribution in [-0.2, 0) is 27.0 Å². The zero-order valence-corrected chi connectivity index (χ0v) is 15.5. The number of nitrogens with one attached hydrogen (secondary N) is 1. The van der Waals surface area contributed by atoms with Gasteiger partial charge in [-0.3, -0.25) is 14.4 Å². The highest BCUT2D eigenvalue weighted by molar-refractivity contribution is 5.80. The number of hydrogen-bond donors (Lipinski definition) is 1. The maximum Gasteiger partial charge on any atom is 0.417 e. The molecule has 1 aromatic heterocycles. The molecule has 0 radical (unpaired) electrons. The molecule has 0 aliphatic carbocycles. The summed E-state index contributed by atoms with van der Waals surface area (Å²) in [6, 6.07) is 8.67. The molecule has 0 unspecified atom stereocenters. The van der Waals surface area contributed by atoms with E-state index < -0.39 is 42.3 Å². The molecule has 2 aromatic rings. The van der Waals surface area contributed by atoms with Crippen molar-refractivity contribution in [3.8, 4) is 5.75 Å². The van der Waals surface area contributed by atoms with E-state index in [1.807, 2.05) is 25.1 Å². The fraction of sp³-hybridized carbons (Fsp3) is 0.316. The van der Waals surface area contributed by atoms with E-state index in [1.54, 1.807) is 6.07 Å². The normalized spacial score (nSPS) is 11.0. The number of halogens is 3. The average Bonchev–Trinajstić information content (AvgIpc) is 2.64. The van der Waals surface area contributed by atoms with Gasteiger partial charge in [0.25, 0.3) is 11.5 Å². The molecule has 2 rings (SSSR count). The number of carbonyl (C=O) groups excluding carboxylic acids is 2. The van der Waals surface area contributed by atoms with Gasteiger partial charge in [0.05, 0.1) is 12.1 Å². The molecule has 1 aromatic carbocycles. The second kappa shape index (κ2) is 9.76. The molecule has 156 valence electrons. The van der Waals surface area contributed by atoms with E-state index in [4.69, 9.17) is 4.74 Å². The number of aryl methyl sites for hydroxylation is 1. The van der Waals surface area contributed by atoms with Crippen LogP contribution in [0, 0.1) is 6.92 Å². The highest BCUT2D eigenvalue weighted by atomic mass is 19.4. The van der Waals surface area contributed by atoms with E-state index >= 15 is 0 Å². The first-order valence-electron chi connectivity index (χ1n) is 8.54. The molecule has 7 nitrogen and oxygen atoms in total. The highest BCUT2D eigenvalue weighted by Gasteiger charge is 2.31. The van der Waals surface area contributed by atoms with Crippen LogP contribution < -0.4 is 15.6 Å². The summed E-state index contributed by atoms with van der Waals surface area (Å²) in [5, 5.41) is 2.47. The Morgan fingerprint density at radius 1 is 1.17 bits per heavy atom. The molecule has 29 heavy (non-hydrogen) atoms. The van der Waals surface area contributed by atoms with Gasteiger partial charge in [-0.05, 0) is 30.7 Å². The third-order valence-electron chi connectivity index (χ3n) is 3.66. The summed E-state index contributed by atoms with van der Waals surface area (Å²) in [6.45, 7) is 0.903. The Morgan fingerprint density at radius 2 is 1.93 bits per heavy atom. The van der Waals surface area contributed by atoms with Gasteiger partial charge in [0.1, 0.15) is 18.9 Å². The van der Waals surface area contributed by atoms with Crippen molar-refractivity contribution in [1.82, 2.24) is 9.88 Å². The lowest BCUT2D eigenvalue weighted by Crippen LogP contribution is -2.33. The summed E-state index contributed by atoms with van der Waals surface area (Å²) in [4.78, 5) is 34.9. The molecule has 0 saturated carbocycles. The summed E-state index contributed by atoms with van der Waals surface area (Å²) in [5.74, 6) is -0.975. The van der Waals surface area contributed by atoms with Gasteiger partial charge in [-0.2, -0.15) is 13.2 Å². The second-order valence-corrected chi connectivity index (χ2v) is 6.06. The van der Waals surface area contributed by atoms with E-state index in [0.29, 0.717) is 28.6 Å². The molecule has 0 spiro atoms. The zero-order chi connectivity index (χ0) is 21.4. The third-order valence-corrected chi connectivity index (χ3v) is 3.66. The summed E-state index contributed by atoms with van der Waals surface area (Å²) in [7, 11) is 0. The van der Waals surface area contributed by atoms with Crippen LogP contribution in [-0.4, -0.2) is 36.2 Å². The van der Waals surface area contributed by atoms with Crippen LogP contribution >= 0.6 is 0 Å². The average molecular weight is 412 g/mol. The molecular formula is C19H19F3N2O5. The predicted molar refractivity (Wildman–Crippen MR) is 96.3 cm³/mol. The molecule has 1 heterocycles. The minimum absolute atomic E-state index is 0.164. The summed E-state index contributed by atoms with van der Waals surface area (Å²) in [6.07, 6.45) is -4.13. The van der Waals surface area contributed by atoms with Gasteiger partial charge in [0.2, 0.25) is 0 Å². The Balaban J connectivity index is 1.73. The number of nitrogens with zero attached hydrogens (tertiary/aromatic N) is 1. The first-order valence-corrected chi connectivity index (χ1v) is 8.54. The summed E-state index contributed by atoms with van der Waals surface area (Å²) >= 11 is 0. The minimum Gasteiger partial charge on any atom is -0.492 e. The van der Waals surface area contributed by atoms with Gasteiger partial charge >= 0.3 is 12.1 Å². The maximum absolute atomic E-state index is 12.7. The number of rotatable bonds is 8. The monoisotopic (exact) mass is 412 g/mol. The third kappa shape index (κ3) is 7.32. The molecule has 0 bridgehead atoms. The van der Waals surface area contributed by atoms with Crippen molar-refractivity contribution in [2.24, 2.45) is 0 Å². The molecule has 10 heteroatoms. The number of carbonyl (C=O) groups is 2. The summed E-state index contributed by atoms with van der Waals surface area (Å²) in [5.41, 5.74) is -0.845. The SMILES string of the molecule is Cc1cccc(OCCNC(=O)COC(=O)Cn2cc(C(F)(F)F)ccc2=O)c1. The highest BCUT2D eigenvalue weighted by Crippen LogP contribution is 2.27. The Bertz CT molecular complexity index is 925. The molecule has 0 aliphatic heterocycles. The quantitative estimate of drug-likeness (QED) is 0.529. The van der Waals surface area contributed by atoms with Crippen molar-refractivity contribution in [2.75, 3.05) is 19.8 Å². The predicted octanol–water partition coefficient (Wildman–Crippen LogP) is 1.91. The number of aromatic nitrogens is 1. The Kier molecular flexibility index (Phi) is 7.40. The van der Waals surface area contributed by atoms with Gasteiger partial charge in [-0.25, -0.2) is 0 Å². The fourth-order valence-corrected chi connectivity index (χ4v) is 2.27. The second-order valence-electron chi connectivity index (χ2n) is 6.06. The van der Waals surface area contributed by atoms with Crippen LogP contribution in [0.1, 0.15) is 11.1 Å². The minimum atomic E-state index is -4.65. The molecule has 0 aliphatic rings. The number of alkyl halides is 3. The molecule has 0 atom stereocenters.